The molecule has 110 valence electrons. The van der Waals surface area contributed by atoms with E-state index in [0.29, 0.717) is 6.61 Å². The van der Waals surface area contributed by atoms with Crippen LogP contribution in [0.5, 0.6) is 0 Å². The second kappa shape index (κ2) is 7.58. The average Bonchev–Trinajstić information content (AvgIpc) is 2.95. The van der Waals surface area contributed by atoms with Gasteiger partial charge in [0.1, 0.15) is 6.10 Å². The molecule has 1 unspecified atom stereocenters. The molecule has 1 aromatic carbocycles. The van der Waals surface area contributed by atoms with Gasteiger partial charge in [-0.3, -0.25) is 0 Å². The van der Waals surface area contributed by atoms with Crippen LogP contribution in [-0.4, -0.2) is 42.9 Å². The Kier molecular flexibility index (Phi) is 5.77. The van der Waals surface area contributed by atoms with Crippen LogP contribution in [0.25, 0.3) is 6.08 Å². The van der Waals surface area contributed by atoms with Gasteiger partial charge in [-0.05, 0) is 42.3 Å². The molecule has 0 radical (unpaired) electrons. The zero-order valence-corrected chi connectivity index (χ0v) is 12.5. The van der Waals surface area contributed by atoms with E-state index < -0.39 is 0 Å². The van der Waals surface area contributed by atoms with Gasteiger partial charge >= 0.3 is 0 Å². The maximum absolute atomic E-state index is 9.55. The van der Waals surface area contributed by atoms with Gasteiger partial charge in [-0.25, -0.2) is 0 Å². The van der Waals surface area contributed by atoms with E-state index in [2.05, 4.69) is 49.1 Å². The summed E-state index contributed by atoms with van der Waals surface area (Å²) in [7, 11) is 0. The topological polar surface area (TPSA) is 32.7 Å². The molecule has 0 amide bonds. The normalized spacial score (nSPS) is 14.8. The molecular weight excluding hydrogens is 250 g/mol. The number of allylic oxidation sites excluding steroid dienone is 1. The summed E-state index contributed by atoms with van der Waals surface area (Å²) in [5, 5.41) is 9.55. The fourth-order valence-corrected chi connectivity index (χ4v) is 2.59. The minimum absolute atomic E-state index is 0.0285. The Morgan fingerprint density at radius 2 is 2.10 bits per heavy atom. The van der Waals surface area contributed by atoms with Gasteiger partial charge in [0.15, 0.2) is 0 Å². The minimum atomic E-state index is -0.218. The Morgan fingerprint density at radius 1 is 1.30 bits per heavy atom. The van der Waals surface area contributed by atoms with Crippen molar-refractivity contribution in [1.29, 1.82) is 0 Å². The molecule has 2 rings (SSSR count). The smallest absolute Gasteiger partial charge is 0.106 e. The summed E-state index contributed by atoms with van der Waals surface area (Å²) in [6.45, 7) is 7.97. The molecule has 20 heavy (non-hydrogen) atoms. The van der Waals surface area contributed by atoms with Crippen LogP contribution in [0.4, 0.5) is 0 Å². The highest BCUT2D eigenvalue weighted by molar-refractivity contribution is 5.60. The summed E-state index contributed by atoms with van der Waals surface area (Å²) in [6.07, 6.45) is 5.11. The molecule has 1 aromatic rings. The molecule has 1 aliphatic rings. The molecule has 3 heteroatoms. The number of ether oxygens (including phenoxy) is 1. The second-order valence-corrected chi connectivity index (χ2v) is 5.13. The number of aliphatic hydroxyl groups excluding tert-OH is 1. The molecular formula is C17H25NO2. The molecule has 0 spiro atoms. The number of benzene rings is 1. The Labute approximate surface area is 121 Å². The molecule has 1 atom stereocenters. The van der Waals surface area contributed by atoms with Crippen LogP contribution in [0.15, 0.2) is 24.3 Å². The van der Waals surface area contributed by atoms with Crippen LogP contribution < -0.4 is 0 Å². The van der Waals surface area contributed by atoms with Gasteiger partial charge in [-0.15, -0.1) is 0 Å². The van der Waals surface area contributed by atoms with Crippen molar-refractivity contribution in [1.82, 2.24) is 4.90 Å². The first-order chi connectivity index (χ1) is 9.78. The van der Waals surface area contributed by atoms with Crippen molar-refractivity contribution < 1.29 is 9.84 Å². The van der Waals surface area contributed by atoms with Crippen LogP contribution in [0.1, 0.15) is 36.6 Å². The third kappa shape index (κ3) is 3.69. The first-order valence-electron chi connectivity index (χ1n) is 7.52. The van der Waals surface area contributed by atoms with Gasteiger partial charge in [0, 0.05) is 6.54 Å². The van der Waals surface area contributed by atoms with E-state index in [-0.39, 0.29) is 12.7 Å². The summed E-state index contributed by atoms with van der Waals surface area (Å²) in [6, 6.07) is 6.35. The van der Waals surface area contributed by atoms with E-state index in [9.17, 15) is 5.11 Å². The molecule has 1 N–H and O–H groups in total. The Morgan fingerprint density at radius 3 is 2.80 bits per heavy atom. The molecule has 3 nitrogen and oxygen atoms in total. The maximum atomic E-state index is 9.55. The van der Waals surface area contributed by atoms with E-state index in [1.807, 2.05) is 0 Å². The van der Waals surface area contributed by atoms with Crippen molar-refractivity contribution in [2.45, 2.75) is 26.4 Å². The van der Waals surface area contributed by atoms with E-state index in [1.165, 1.54) is 11.1 Å². The van der Waals surface area contributed by atoms with Crippen molar-refractivity contribution in [2.75, 3.05) is 32.8 Å². The van der Waals surface area contributed by atoms with Crippen molar-refractivity contribution in [3.63, 3.8) is 0 Å². The standard InChI is InChI=1S/C17H25NO2/c1-3-18(4-2)10-11-20-17(13-19)16-9-8-14-6-5-7-15(14)12-16/h5,7-9,12,17,19H,3-4,6,10-11,13H2,1-2H3. The highest BCUT2D eigenvalue weighted by Crippen LogP contribution is 2.25. The predicted octanol–water partition coefficient (Wildman–Crippen LogP) is 2.65. The average molecular weight is 275 g/mol. The summed E-state index contributed by atoms with van der Waals surface area (Å²) < 4.78 is 5.86. The number of fused-ring (bicyclic) bond motifs is 1. The molecule has 0 fully saturated rings. The van der Waals surface area contributed by atoms with Crippen LogP contribution >= 0.6 is 0 Å². The largest absolute Gasteiger partial charge is 0.393 e. The third-order valence-electron chi connectivity index (χ3n) is 3.96. The lowest BCUT2D eigenvalue weighted by Gasteiger charge is -2.21. The van der Waals surface area contributed by atoms with E-state index >= 15 is 0 Å². The van der Waals surface area contributed by atoms with Gasteiger partial charge in [0.2, 0.25) is 0 Å². The van der Waals surface area contributed by atoms with Crippen molar-refractivity contribution in [3.8, 4) is 0 Å². The quantitative estimate of drug-likeness (QED) is 0.791. The SMILES string of the molecule is CCN(CC)CCOC(CO)c1ccc2c(c1)C=CC2. The highest BCUT2D eigenvalue weighted by atomic mass is 16.5. The summed E-state index contributed by atoms with van der Waals surface area (Å²) in [5.74, 6) is 0. The van der Waals surface area contributed by atoms with Crippen LogP contribution in [-0.2, 0) is 11.2 Å². The lowest BCUT2D eigenvalue weighted by Crippen LogP contribution is -2.28. The predicted molar refractivity (Wildman–Crippen MR) is 82.7 cm³/mol. The maximum Gasteiger partial charge on any atom is 0.106 e. The zero-order chi connectivity index (χ0) is 14.4. The van der Waals surface area contributed by atoms with Crippen LogP contribution in [0.3, 0.4) is 0 Å². The zero-order valence-electron chi connectivity index (χ0n) is 12.5. The fraction of sp³-hybridized carbons (Fsp3) is 0.529. The Hall–Kier alpha value is -1.16. The van der Waals surface area contributed by atoms with Crippen molar-refractivity contribution in [3.05, 3.63) is 41.0 Å². The Bertz CT molecular complexity index is 452. The van der Waals surface area contributed by atoms with Crippen LogP contribution in [0, 0.1) is 0 Å². The first-order valence-corrected chi connectivity index (χ1v) is 7.52. The molecule has 0 bridgehead atoms. The van der Waals surface area contributed by atoms with Gasteiger partial charge in [-0.1, -0.05) is 38.1 Å². The van der Waals surface area contributed by atoms with E-state index in [4.69, 9.17) is 4.74 Å². The third-order valence-corrected chi connectivity index (χ3v) is 3.96. The summed E-state index contributed by atoms with van der Waals surface area (Å²) in [4.78, 5) is 2.32. The minimum Gasteiger partial charge on any atom is -0.393 e. The number of rotatable bonds is 8. The van der Waals surface area contributed by atoms with Crippen molar-refractivity contribution >= 4 is 6.08 Å². The Balaban J connectivity index is 1.93. The number of hydrogen-bond donors (Lipinski definition) is 1. The van der Waals surface area contributed by atoms with Gasteiger partial charge in [-0.2, -0.15) is 0 Å². The van der Waals surface area contributed by atoms with Gasteiger partial charge in [0.25, 0.3) is 0 Å². The fourth-order valence-electron chi connectivity index (χ4n) is 2.59. The molecule has 0 aliphatic heterocycles. The van der Waals surface area contributed by atoms with Crippen molar-refractivity contribution in [2.24, 2.45) is 0 Å². The highest BCUT2D eigenvalue weighted by Gasteiger charge is 2.14. The summed E-state index contributed by atoms with van der Waals surface area (Å²) in [5.41, 5.74) is 3.68. The summed E-state index contributed by atoms with van der Waals surface area (Å²) >= 11 is 0. The molecule has 0 saturated heterocycles. The lowest BCUT2D eigenvalue weighted by molar-refractivity contribution is 0.00259. The van der Waals surface area contributed by atoms with E-state index in [0.717, 1.165) is 31.6 Å². The van der Waals surface area contributed by atoms with Crippen LogP contribution in [0.2, 0.25) is 0 Å². The molecule has 0 saturated carbocycles. The molecule has 1 aliphatic carbocycles. The molecule has 0 heterocycles. The molecule has 0 aromatic heterocycles. The first kappa shape index (κ1) is 15.2. The number of aliphatic hydroxyl groups is 1. The number of hydrogen-bond acceptors (Lipinski definition) is 3. The number of nitrogens with zero attached hydrogens (tertiary/aromatic N) is 1. The van der Waals surface area contributed by atoms with E-state index in [1.54, 1.807) is 0 Å². The van der Waals surface area contributed by atoms with Gasteiger partial charge in [0.05, 0.1) is 13.2 Å². The lowest BCUT2D eigenvalue weighted by atomic mass is 10.0. The number of likely N-dealkylation sites (N-methyl/N-ethyl adjacent to an activating group) is 1. The monoisotopic (exact) mass is 275 g/mol. The van der Waals surface area contributed by atoms with Gasteiger partial charge < -0.3 is 14.7 Å². The second-order valence-electron chi connectivity index (χ2n) is 5.13.